The van der Waals surface area contributed by atoms with Gasteiger partial charge in [0.25, 0.3) is 0 Å². The van der Waals surface area contributed by atoms with Crippen LogP contribution in [-0.4, -0.2) is 133 Å². The summed E-state index contributed by atoms with van der Waals surface area (Å²) in [6.45, 7) is 19.3. The van der Waals surface area contributed by atoms with Crippen LogP contribution in [0.4, 0.5) is 38.4 Å². The van der Waals surface area contributed by atoms with Crippen LogP contribution in [0.2, 0.25) is 0 Å². The Bertz CT molecular complexity index is 2470. The summed E-state index contributed by atoms with van der Waals surface area (Å²) in [5.74, 6) is 4.42. The van der Waals surface area contributed by atoms with Crippen molar-refractivity contribution in [3.63, 3.8) is 0 Å². The topological polar surface area (TPSA) is 200 Å². The highest BCUT2D eigenvalue weighted by molar-refractivity contribution is 5.90. The minimum atomic E-state index is -0.219. The first-order valence-corrected chi connectivity index (χ1v) is 23.7. The molecule has 0 bridgehead atoms. The molecule has 2 saturated heterocycles. The molecule has 2 aromatic carbocycles. The molecule has 0 radical (unpaired) electrons. The number of benzene rings is 2. The lowest BCUT2D eigenvalue weighted by atomic mass is 10.1. The van der Waals surface area contributed by atoms with Crippen molar-refractivity contribution in [3.8, 4) is 22.8 Å². The average molecular weight is 913 g/mol. The summed E-state index contributed by atoms with van der Waals surface area (Å²) >= 11 is 0. The van der Waals surface area contributed by atoms with E-state index in [4.69, 9.17) is 29.4 Å². The highest BCUT2D eigenvalue weighted by Crippen LogP contribution is 2.33. The third-order valence-electron chi connectivity index (χ3n) is 12.4. The molecule has 5 aromatic rings. The lowest BCUT2D eigenvalue weighted by Crippen LogP contribution is -2.45. The highest BCUT2D eigenvalue weighted by atomic mass is 16.5. The maximum absolute atomic E-state index is 11.9. The van der Waals surface area contributed by atoms with Crippen LogP contribution in [0.5, 0.6) is 0 Å². The van der Waals surface area contributed by atoms with Crippen LogP contribution in [-0.2, 0) is 35.2 Å². The largest absolute Gasteiger partial charge is 0.377 e. The normalized spacial score (nSPS) is 18.3. The van der Waals surface area contributed by atoms with Gasteiger partial charge in [-0.05, 0) is 103 Å². The van der Waals surface area contributed by atoms with Crippen LogP contribution in [0.3, 0.4) is 0 Å². The summed E-state index contributed by atoms with van der Waals surface area (Å²) in [5.41, 5.74) is 8.96. The van der Waals surface area contributed by atoms with Crippen molar-refractivity contribution in [2.24, 2.45) is 0 Å². The number of carbonyl (C=O) groups excluding carboxylic acids is 2. The first-order chi connectivity index (χ1) is 32.7. The molecule has 4 aliphatic heterocycles. The van der Waals surface area contributed by atoms with E-state index in [1.165, 1.54) is 11.1 Å². The number of fused-ring (bicyclic) bond motifs is 2. The Labute approximate surface area is 393 Å². The van der Waals surface area contributed by atoms with E-state index in [1.807, 2.05) is 75.4 Å². The number of urea groups is 2. The van der Waals surface area contributed by atoms with E-state index in [-0.39, 0.29) is 24.1 Å². The second kappa shape index (κ2) is 22.3. The van der Waals surface area contributed by atoms with Gasteiger partial charge in [-0.15, -0.1) is 0 Å². The van der Waals surface area contributed by atoms with E-state index in [1.54, 1.807) is 6.33 Å². The van der Waals surface area contributed by atoms with Crippen LogP contribution in [0.15, 0.2) is 60.9 Å². The number of anilines is 5. The van der Waals surface area contributed by atoms with Gasteiger partial charge in [-0.25, -0.2) is 39.5 Å². The number of aryl methyl sites for hydroxylation is 1. The SMILES string of the molecule is CCNC(=O)Nc1ccc(-c2nc3c(c(N4CCOC[C@@H]4C)n2)CCN(c2cc(C)ncn2)CC3)cc1.CCNC(=O)Nc1ccc(-c2nc3c(c(N4CCOC[C@@H]4C)n2)CCNCC3)cc1. The predicted octanol–water partition coefficient (Wildman–Crippen LogP) is 5.41. The molecule has 2 atom stereocenters. The fourth-order valence-electron chi connectivity index (χ4n) is 8.84. The first-order valence-electron chi connectivity index (χ1n) is 23.7. The third-order valence-corrected chi connectivity index (χ3v) is 12.4. The summed E-state index contributed by atoms with van der Waals surface area (Å²) in [7, 11) is 0. The van der Waals surface area contributed by atoms with Gasteiger partial charge in [0.1, 0.15) is 23.8 Å². The Balaban J connectivity index is 0.000000186. The predicted molar refractivity (Wildman–Crippen MR) is 262 cm³/mol. The molecule has 4 amide bonds. The molecule has 18 heteroatoms. The maximum Gasteiger partial charge on any atom is 0.319 e. The number of aromatic nitrogens is 6. The number of hydrogen-bond donors (Lipinski definition) is 5. The van der Waals surface area contributed by atoms with E-state index in [2.05, 4.69) is 65.1 Å². The van der Waals surface area contributed by atoms with Crippen molar-refractivity contribution >= 4 is 40.9 Å². The lowest BCUT2D eigenvalue weighted by Gasteiger charge is -2.36. The molecule has 0 spiro atoms. The summed E-state index contributed by atoms with van der Waals surface area (Å²) in [6.07, 6.45) is 5.10. The van der Waals surface area contributed by atoms with Crippen LogP contribution < -0.4 is 41.3 Å². The number of hydrogen-bond acceptors (Lipinski definition) is 14. The smallest absolute Gasteiger partial charge is 0.319 e. The van der Waals surface area contributed by atoms with Crippen molar-refractivity contribution in [2.45, 2.75) is 72.4 Å². The Morgan fingerprint density at radius 1 is 0.657 bits per heavy atom. The number of rotatable bonds is 9. The molecule has 9 rings (SSSR count). The van der Waals surface area contributed by atoms with Crippen molar-refractivity contribution in [1.29, 1.82) is 0 Å². The summed E-state index contributed by atoms with van der Waals surface area (Å²) < 4.78 is 11.4. The number of nitrogens with one attached hydrogen (secondary N) is 5. The summed E-state index contributed by atoms with van der Waals surface area (Å²) in [6, 6.07) is 17.5. The van der Waals surface area contributed by atoms with Crippen molar-refractivity contribution in [2.75, 3.05) is 104 Å². The number of carbonyl (C=O) groups is 2. The van der Waals surface area contributed by atoms with Gasteiger partial charge < -0.3 is 50.8 Å². The molecular formula is C49H64N14O4. The van der Waals surface area contributed by atoms with Gasteiger partial charge in [0.05, 0.1) is 49.9 Å². The van der Waals surface area contributed by atoms with Gasteiger partial charge in [-0.1, -0.05) is 0 Å². The van der Waals surface area contributed by atoms with E-state index in [9.17, 15) is 9.59 Å². The van der Waals surface area contributed by atoms with Crippen LogP contribution in [0.1, 0.15) is 55.9 Å². The van der Waals surface area contributed by atoms with Crippen LogP contribution >= 0.6 is 0 Å². The Morgan fingerprint density at radius 2 is 1.16 bits per heavy atom. The van der Waals surface area contributed by atoms with Gasteiger partial charge in [0.15, 0.2) is 11.6 Å². The van der Waals surface area contributed by atoms with E-state index < -0.39 is 0 Å². The zero-order valence-electron chi connectivity index (χ0n) is 39.4. The van der Waals surface area contributed by atoms with Gasteiger partial charge in [0.2, 0.25) is 0 Å². The van der Waals surface area contributed by atoms with Gasteiger partial charge in [-0.3, -0.25) is 0 Å². The highest BCUT2D eigenvalue weighted by Gasteiger charge is 2.29. The Hall–Kier alpha value is -6.50. The number of ether oxygens (including phenoxy) is 2. The van der Waals surface area contributed by atoms with Gasteiger partial charge in [0, 0.05) is 104 Å². The minimum absolute atomic E-state index is 0.206. The molecule has 0 unspecified atom stereocenters. The fraction of sp³-hybridized carbons (Fsp3) is 0.469. The zero-order valence-corrected chi connectivity index (χ0v) is 39.4. The number of morpholine rings is 2. The van der Waals surface area contributed by atoms with E-state index >= 15 is 0 Å². The lowest BCUT2D eigenvalue weighted by molar-refractivity contribution is 0.0984. The minimum Gasteiger partial charge on any atom is -0.377 e. The summed E-state index contributed by atoms with van der Waals surface area (Å²) in [4.78, 5) is 59.6. The molecular weight excluding hydrogens is 849 g/mol. The standard InChI is InChI=1S/C27H34N8O2.C22H30N6O2/c1-4-28-27(36)31-21-7-5-20(6-8-21)25-32-23-10-12-34(24-15-18(2)29-17-30-24)11-9-22(23)26(33-25)35-13-14-37-16-19(35)3;1-3-24-22(29)25-17-6-4-16(5-7-17)20-26-19-9-11-23-10-8-18(19)21(27-20)28-12-13-30-14-15(28)2/h5-8,15,17,19H,4,9-14,16H2,1-3H3,(H2,28,31,36);4-7,15,23H,3,8-14H2,1-2H3,(H2,24,25,29)/t19-;15-/m00/s1. The molecule has 3 aromatic heterocycles. The van der Waals surface area contributed by atoms with Crippen LogP contribution in [0, 0.1) is 6.92 Å². The van der Waals surface area contributed by atoms with E-state index in [0.29, 0.717) is 38.7 Å². The van der Waals surface area contributed by atoms with Crippen molar-refractivity contribution < 1.29 is 19.1 Å². The van der Waals surface area contributed by atoms with Gasteiger partial charge >= 0.3 is 12.1 Å². The zero-order chi connectivity index (χ0) is 46.7. The van der Waals surface area contributed by atoms with E-state index in [0.717, 1.165) is 134 Å². The second-order valence-corrected chi connectivity index (χ2v) is 17.2. The molecule has 0 aliphatic carbocycles. The molecule has 2 fully saturated rings. The monoisotopic (exact) mass is 913 g/mol. The quantitative estimate of drug-likeness (QED) is 0.126. The van der Waals surface area contributed by atoms with Crippen molar-refractivity contribution in [1.82, 2.24) is 45.9 Å². The molecule has 0 saturated carbocycles. The summed E-state index contributed by atoms with van der Waals surface area (Å²) in [5, 5.41) is 14.6. The fourth-order valence-corrected chi connectivity index (χ4v) is 8.84. The third kappa shape index (κ3) is 11.7. The number of nitrogens with zero attached hydrogens (tertiary/aromatic N) is 9. The molecule has 5 N–H and O–H groups in total. The van der Waals surface area contributed by atoms with Crippen LogP contribution in [0.25, 0.3) is 22.8 Å². The number of amides is 4. The first kappa shape index (κ1) is 47.0. The van der Waals surface area contributed by atoms with Gasteiger partial charge in [-0.2, -0.15) is 0 Å². The van der Waals surface area contributed by atoms with Crippen molar-refractivity contribution in [3.05, 3.63) is 89.1 Å². The average Bonchev–Trinajstić information content (AvgIpc) is 3.72. The second-order valence-electron chi connectivity index (χ2n) is 17.2. The Kier molecular flexibility index (Phi) is 15.7. The Morgan fingerprint density at radius 3 is 1.69 bits per heavy atom. The molecule has 7 heterocycles. The molecule has 354 valence electrons. The molecule has 18 nitrogen and oxygen atoms in total. The maximum atomic E-state index is 11.9. The molecule has 4 aliphatic rings. The molecule has 67 heavy (non-hydrogen) atoms.